The highest BCUT2D eigenvalue weighted by Gasteiger charge is 2.18. The van der Waals surface area contributed by atoms with Crippen LogP contribution in [0.25, 0.3) is 0 Å². The van der Waals surface area contributed by atoms with E-state index in [2.05, 4.69) is 21.0 Å². The summed E-state index contributed by atoms with van der Waals surface area (Å²) >= 11 is 9.44. The van der Waals surface area contributed by atoms with Gasteiger partial charge in [0.25, 0.3) is 0 Å². The molecule has 0 spiro atoms. The molecule has 1 N–H and O–H groups in total. The van der Waals surface area contributed by atoms with Gasteiger partial charge in [0.2, 0.25) is 0 Å². The van der Waals surface area contributed by atoms with Gasteiger partial charge in [0, 0.05) is 11.5 Å². The normalized spacial score (nSPS) is 12.8. The second-order valence-corrected chi connectivity index (χ2v) is 5.17. The highest BCUT2D eigenvalue weighted by Crippen LogP contribution is 2.29. The average molecular weight is 316 g/mol. The van der Waals surface area contributed by atoms with E-state index in [4.69, 9.17) is 11.6 Å². The number of aryl methyl sites for hydroxylation is 2. The fourth-order valence-corrected chi connectivity index (χ4v) is 2.24. The highest BCUT2D eigenvalue weighted by atomic mass is 79.9. The largest absolute Gasteiger partial charge is 0.382 e. The molecule has 1 aromatic heterocycles. The molecule has 0 fully saturated rings. The van der Waals surface area contributed by atoms with Gasteiger partial charge in [0.15, 0.2) is 0 Å². The summed E-state index contributed by atoms with van der Waals surface area (Å²) in [6, 6.07) is 5.71. The van der Waals surface area contributed by atoms with Crippen molar-refractivity contribution in [2.45, 2.75) is 13.0 Å². The number of hydrogen-bond acceptors (Lipinski definition) is 2. The molecule has 0 bridgehead atoms. The summed E-state index contributed by atoms with van der Waals surface area (Å²) in [6.07, 6.45) is 0.771. The number of hydrogen-bond donors (Lipinski definition) is 1. The van der Waals surface area contributed by atoms with Gasteiger partial charge in [0.05, 0.1) is 16.9 Å². The molecule has 0 radical (unpaired) electrons. The summed E-state index contributed by atoms with van der Waals surface area (Å²) in [5.41, 5.74) is 2.48. The zero-order valence-corrected chi connectivity index (χ0v) is 11.8. The molecule has 0 aliphatic rings. The maximum Gasteiger partial charge on any atom is 0.122 e. The Kier molecular flexibility index (Phi) is 3.56. The quantitative estimate of drug-likeness (QED) is 0.924. The first-order valence-corrected chi connectivity index (χ1v) is 6.29. The molecule has 1 heterocycles. The number of aromatic nitrogens is 2. The van der Waals surface area contributed by atoms with E-state index in [1.807, 2.05) is 25.1 Å². The van der Waals surface area contributed by atoms with Gasteiger partial charge in [0.1, 0.15) is 6.10 Å². The predicted molar refractivity (Wildman–Crippen MR) is 71.2 cm³/mol. The standard InChI is InChI=1S/C12H12BrClN2O/c1-7-5-8(3-4-9(7)13)12(17)11-10(14)6-15-16(11)2/h3-6,12,17H,1-2H3. The number of halogens is 2. The number of benzene rings is 1. The zero-order chi connectivity index (χ0) is 12.6. The van der Waals surface area contributed by atoms with Crippen molar-refractivity contribution in [1.29, 1.82) is 0 Å². The molecular weight excluding hydrogens is 304 g/mol. The minimum Gasteiger partial charge on any atom is -0.382 e. The van der Waals surface area contributed by atoms with Gasteiger partial charge in [-0.2, -0.15) is 5.10 Å². The molecule has 0 saturated carbocycles. The van der Waals surface area contributed by atoms with Crippen LogP contribution in [-0.2, 0) is 7.05 Å². The fourth-order valence-electron chi connectivity index (χ4n) is 1.72. The first kappa shape index (κ1) is 12.6. The SMILES string of the molecule is Cc1cc(C(O)c2c(Cl)cnn2C)ccc1Br. The molecule has 3 nitrogen and oxygen atoms in total. The second-order valence-electron chi connectivity index (χ2n) is 3.91. The van der Waals surface area contributed by atoms with Crippen molar-refractivity contribution in [3.8, 4) is 0 Å². The van der Waals surface area contributed by atoms with E-state index < -0.39 is 6.10 Å². The monoisotopic (exact) mass is 314 g/mol. The lowest BCUT2D eigenvalue weighted by atomic mass is 10.0. The van der Waals surface area contributed by atoms with Crippen molar-refractivity contribution >= 4 is 27.5 Å². The third kappa shape index (κ3) is 2.39. The van der Waals surface area contributed by atoms with E-state index >= 15 is 0 Å². The Morgan fingerprint density at radius 3 is 2.71 bits per heavy atom. The Morgan fingerprint density at radius 1 is 1.47 bits per heavy atom. The molecule has 17 heavy (non-hydrogen) atoms. The first-order chi connectivity index (χ1) is 8.00. The van der Waals surface area contributed by atoms with Gasteiger partial charge < -0.3 is 5.11 Å². The van der Waals surface area contributed by atoms with Crippen molar-refractivity contribution in [3.05, 3.63) is 50.7 Å². The first-order valence-electron chi connectivity index (χ1n) is 5.12. The number of rotatable bonds is 2. The lowest BCUT2D eigenvalue weighted by molar-refractivity contribution is 0.210. The Labute approximate surface area is 113 Å². The van der Waals surface area contributed by atoms with Crippen LogP contribution in [0.1, 0.15) is 22.9 Å². The minimum atomic E-state index is -0.762. The van der Waals surface area contributed by atoms with Crippen LogP contribution >= 0.6 is 27.5 Å². The Hall–Kier alpha value is -0.840. The van der Waals surface area contributed by atoms with Crippen molar-refractivity contribution in [2.24, 2.45) is 7.05 Å². The van der Waals surface area contributed by atoms with Crippen molar-refractivity contribution in [3.63, 3.8) is 0 Å². The van der Waals surface area contributed by atoms with Crippen LogP contribution in [-0.4, -0.2) is 14.9 Å². The van der Waals surface area contributed by atoms with Gasteiger partial charge in [-0.05, 0) is 24.1 Å². The minimum absolute atomic E-state index is 0.473. The summed E-state index contributed by atoms with van der Waals surface area (Å²) in [6.45, 7) is 1.98. The third-order valence-corrected chi connectivity index (χ3v) is 3.88. The number of aliphatic hydroxyl groups excluding tert-OH is 1. The molecule has 1 unspecified atom stereocenters. The summed E-state index contributed by atoms with van der Waals surface area (Å²) in [4.78, 5) is 0. The van der Waals surface area contributed by atoms with Crippen molar-refractivity contribution < 1.29 is 5.11 Å². The van der Waals surface area contributed by atoms with Crippen LogP contribution in [0, 0.1) is 6.92 Å². The topological polar surface area (TPSA) is 38.1 Å². The number of aliphatic hydroxyl groups is 1. The van der Waals surface area contributed by atoms with Crippen molar-refractivity contribution in [1.82, 2.24) is 9.78 Å². The predicted octanol–water partition coefficient (Wildman–Crippen LogP) is 3.23. The van der Waals surface area contributed by atoms with E-state index in [-0.39, 0.29) is 0 Å². The molecule has 0 amide bonds. The molecule has 2 aromatic rings. The summed E-state index contributed by atoms with van der Waals surface area (Å²) in [5.74, 6) is 0. The van der Waals surface area contributed by atoms with Crippen molar-refractivity contribution in [2.75, 3.05) is 0 Å². The maximum atomic E-state index is 10.3. The molecule has 0 aliphatic heterocycles. The van der Waals surface area contributed by atoms with Crippen LogP contribution in [0.2, 0.25) is 5.02 Å². The van der Waals surface area contributed by atoms with Crippen LogP contribution in [0.5, 0.6) is 0 Å². The van der Waals surface area contributed by atoms with Gasteiger partial charge in [-0.3, -0.25) is 4.68 Å². The van der Waals surface area contributed by atoms with Crippen LogP contribution < -0.4 is 0 Å². The molecule has 0 saturated heterocycles. The molecule has 90 valence electrons. The summed E-state index contributed by atoms with van der Waals surface area (Å²) in [5, 5.41) is 14.8. The number of nitrogens with zero attached hydrogens (tertiary/aromatic N) is 2. The molecular formula is C12H12BrClN2O. The molecule has 2 rings (SSSR count). The van der Waals surface area contributed by atoms with E-state index in [1.165, 1.54) is 6.20 Å². The van der Waals surface area contributed by atoms with E-state index in [0.29, 0.717) is 10.7 Å². The van der Waals surface area contributed by atoms with E-state index in [0.717, 1.165) is 15.6 Å². The van der Waals surface area contributed by atoms with Gasteiger partial charge in [-0.25, -0.2) is 0 Å². The van der Waals surface area contributed by atoms with E-state index in [9.17, 15) is 5.11 Å². The van der Waals surface area contributed by atoms with Crippen LogP contribution in [0.3, 0.4) is 0 Å². The fraction of sp³-hybridized carbons (Fsp3) is 0.250. The maximum absolute atomic E-state index is 10.3. The lowest BCUT2D eigenvalue weighted by Crippen LogP contribution is -2.07. The molecule has 0 aliphatic carbocycles. The van der Waals surface area contributed by atoms with Gasteiger partial charge in [-0.15, -0.1) is 0 Å². The second kappa shape index (κ2) is 4.80. The smallest absolute Gasteiger partial charge is 0.122 e. The third-order valence-electron chi connectivity index (χ3n) is 2.69. The van der Waals surface area contributed by atoms with Crippen LogP contribution in [0.4, 0.5) is 0 Å². The Balaban J connectivity index is 2.43. The zero-order valence-electron chi connectivity index (χ0n) is 9.48. The summed E-state index contributed by atoms with van der Waals surface area (Å²) in [7, 11) is 1.76. The van der Waals surface area contributed by atoms with Gasteiger partial charge >= 0.3 is 0 Å². The molecule has 1 aromatic carbocycles. The lowest BCUT2D eigenvalue weighted by Gasteiger charge is -2.13. The van der Waals surface area contributed by atoms with Crippen LogP contribution in [0.15, 0.2) is 28.9 Å². The average Bonchev–Trinajstić information content (AvgIpc) is 2.62. The van der Waals surface area contributed by atoms with E-state index in [1.54, 1.807) is 11.7 Å². The molecule has 5 heteroatoms. The Bertz CT molecular complexity index is 534. The van der Waals surface area contributed by atoms with Gasteiger partial charge in [-0.1, -0.05) is 39.7 Å². The highest BCUT2D eigenvalue weighted by molar-refractivity contribution is 9.10. The molecule has 1 atom stereocenters. The Morgan fingerprint density at radius 2 is 2.18 bits per heavy atom. The summed E-state index contributed by atoms with van der Waals surface area (Å²) < 4.78 is 2.61.